The Balaban J connectivity index is 1.83. The van der Waals surface area contributed by atoms with Crippen LogP contribution in [-0.2, 0) is 0 Å². The number of nitrogens with one attached hydrogen (secondary N) is 1. The molecule has 0 bridgehead atoms. The minimum Gasteiger partial charge on any atom is -0.444 e. The number of rotatable bonds is 2. The summed E-state index contributed by atoms with van der Waals surface area (Å²) < 4.78 is 7.41. The maximum atomic E-state index is 12.6. The Hall–Kier alpha value is -2.09. The summed E-state index contributed by atoms with van der Waals surface area (Å²) in [5.74, 6) is 0.127. The van der Waals surface area contributed by atoms with E-state index in [1.165, 1.54) is 16.8 Å². The van der Waals surface area contributed by atoms with Gasteiger partial charge in [0.2, 0.25) is 0 Å². The summed E-state index contributed by atoms with van der Waals surface area (Å²) in [7, 11) is 0. The van der Waals surface area contributed by atoms with Crippen LogP contribution in [0.1, 0.15) is 35.0 Å². The predicted octanol–water partition coefficient (Wildman–Crippen LogP) is 1.68. The van der Waals surface area contributed by atoms with Gasteiger partial charge in [0.25, 0.3) is 11.5 Å². The van der Waals surface area contributed by atoms with Crippen molar-refractivity contribution in [1.29, 1.82) is 0 Å². The van der Waals surface area contributed by atoms with Crippen molar-refractivity contribution < 1.29 is 9.21 Å². The van der Waals surface area contributed by atoms with E-state index in [1.807, 2.05) is 6.92 Å². The summed E-state index contributed by atoms with van der Waals surface area (Å²) in [6, 6.07) is 2.91. The summed E-state index contributed by atoms with van der Waals surface area (Å²) >= 11 is 3.22. The highest BCUT2D eigenvalue weighted by atomic mass is 79.9. The number of H-pyrrole nitrogens is 1. The van der Waals surface area contributed by atoms with Crippen LogP contribution in [0.15, 0.2) is 37.0 Å². The van der Waals surface area contributed by atoms with Crippen LogP contribution in [0.5, 0.6) is 0 Å². The molecule has 3 heterocycles. The smallest absolute Gasteiger partial charge is 0.328 e. The van der Waals surface area contributed by atoms with Gasteiger partial charge in [-0.25, -0.2) is 4.79 Å². The van der Waals surface area contributed by atoms with Crippen molar-refractivity contribution in [2.75, 3.05) is 13.1 Å². The maximum Gasteiger partial charge on any atom is 0.328 e. The Labute approximate surface area is 140 Å². The monoisotopic (exact) mass is 381 g/mol. The minimum absolute atomic E-state index is 0.157. The average molecular weight is 382 g/mol. The molecule has 1 fully saturated rings. The first-order chi connectivity index (χ1) is 11.0. The Morgan fingerprint density at radius 3 is 2.87 bits per heavy atom. The van der Waals surface area contributed by atoms with Gasteiger partial charge >= 0.3 is 5.69 Å². The number of furan rings is 1. The van der Waals surface area contributed by atoms with Gasteiger partial charge in [0.05, 0.1) is 6.04 Å². The Kier molecular flexibility index (Phi) is 4.25. The molecule has 1 N–H and O–H groups in total. The third-order valence-corrected chi connectivity index (χ3v) is 4.40. The van der Waals surface area contributed by atoms with Crippen molar-refractivity contribution in [1.82, 2.24) is 14.5 Å². The van der Waals surface area contributed by atoms with Crippen molar-refractivity contribution in [3.8, 4) is 0 Å². The zero-order valence-corrected chi connectivity index (χ0v) is 14.1. The lowest BCUT2D eigenvalue weighted by Gasteiger charge is -2.33. The van der Waals surface area contributed by atoms with Gasteiger partial charge < -0.3 is 9.32 Å². The number of carbonyl (C=O) groups excluding carboxylic acids is 1. The molecule has 122 valence electrons. The first-order valence-electron chi connectivity index (χ1n) is 7.32. The molecule has 0 saturated carbocycles. The van der Waals surface area contributed by atoms with Crippen molar-refractivity contribution in [3.05, 3.63) is 55.2 Å². The Morgan fingerprint density at radius 1 is 1.43 bits per heavy atom. The van der Waals surface area contributed by atoms with Crippen LogP contribution < -0.4 is 11.2 Å². The lowest BCUT2D eigenvalue weighted by Crippen LogP contribution is -2.44. The third kappa shape index (κ3) is 3.17. The topological polar surface area (TPSA) is 88.3 Å². The number of piperidine rings is 1. The zero-order valence-electron chi connectivity index (χ0n) is 12.5. The van der Waals surface area contributed by atoms with Crippen LogP contribution in [0.3, 0.4) is 0 Å². The van der Waals surface area contributed by atoms with Gasteiger partial charge in [0, 0.05) is 30.9 Å². The van der Waals surface area contributed by atoms with Gasteiger partial charge in [0.15, 0.2) is 10.4 Å². The highest BCUT2D eigenvalue weighted by Crippen LogP contribution is 2.25. The Bertz CT molecular complexity index is 851. The number of hydrogen-bond donors (Lipinski definition) is 1. The molecule has 0 aliphatic carbocycles. The fourth-order valence-corrected chi connectivity index (χ4v) is 3.39. The van der Waals surface area contributed by atoms with E-state index in [2.05, 4.69) is 20.9 Å². The molecule has 2 aromatic heterocycles. The summed E-state index contributed by atoms with van der Waals surface area (Å²) in [6.07, 6.45) is 3.04. The van der Waals surface area contributed by atoms with Gasteiger partial charge in [0.1, 0.15) is 0 Å². The predicted molar refractivity (Wildman–Crippen MR) is 86.6 cm³/mol. The van der Waals surface area contributed by atoms with Crippen LogP contribution in [0.2, 0.25) is 0 Å². The van der Waals surface area contributed by atoms with Gasteiger partial charge in [-0.1, -0.05) is 0 Å². The van der Waals surface area contributed by atoms with Crippen molar-refractivity contribution in [2.24, 2.45) is 0 Å². The molecular weight excluding hydrogens is 366 g/mol. The van der Waals surface area contributed by atoms with Crippen LogP contribution in [0, 0.1) is 6.92 Å². The van der Waals surface area contributed by atoms with Crippen LogP contribution >= 0.6 is 15.9 Å². The normalized spacial score (nSPS) is 18.2. The van der Waals surface area contributed by atoms with Gasteiger partial charge in [-0.15, -0.1) is 0 Å². The van der Waals surface area contributed by atoms with Gasteiger partial charge in [-0.05, 0) is 41.8 Å². The van der Waals surface area contributed by atoms with E-state index >= 15 is 0 Å². The van der Waals surface area contributed by atoms with Crippen molar-refractivity contribution in [2.45, 2.75) is 25.8 Å². The number of likely N-dealkylation sites (tertiary alicyclic amines) is 1. The van der Waals surface area contributed by atoms with E-state index in [0.717, 1.165) is 18.4 Å². The number of aryl methyl sites for hydroxylation is 1. The number of aromatic amines is 1. The lowest BCUT2D eigenvalue weighted by atomic mass is 10.0. The van der Waals surface area contributed by atoms with E-state index in [9.17, 15) is 14.4 Å². The molecule has 0 aromatic carbocycles. The van der Waals surface area contributed by atoms with E-state index in [4.69, 9.17) is 4.42 Å². The fourth-order valence-electron chi connectivity index (χ4n) is 2.88. The number of carbonyl (C=O) groups is 1. The third-order valence-electron chi connectivity index (χ3n) is 4.01. The summed E-state index contributed by atoms with van der Waals surface area (Å²) in [6.45, 7) is 2.84. The molecule has 1 saturated heterocycles. The number of aromatic nitrogens is 2. The standard InChI is InChI=1S/C15H16BrN3O4/c1-9-7-11(16)23-13(9)14(21)18-5-2-3-10(8-18)19-6-4-12(20)17-15(19)22/h4,6-7,10H,2-3,5,8H2,1H3,(H,17,20,22). The molecule has 1 unspecified atom stereocenters. The molecule has 0 spiro atoms. The van der Waals surface area contributed by atoms with Crippen molar-refractivity contribution >= 4 is 21.8 Å². The lowest BCUT2D eigenvalue weighted by molar-refractivity contribution is 0.0642. The largest absolute Gasteiger partial charge is 0.444 e. The molecule has 7 nitrogen and oxygen atoms in total. The first-order valence-corrected chi connectivity index (χ1v) is 8.11. The average Bonchev–Trinajstić information content (AvgIpc) is 2.85. The molecule has 1 aliphatic rings. The number of halogens is 1. The Morgan fingerprint density at radius 2 is 2.22 bits per heavy atom. The SMILES string of the molecule is Cc1cc(Br)oc1C(=O)N1CCCC(n2ccc(=O)[nH]c2=O)C1. The second-order valence-electron chi connectivity index (χ2n) is 5.63. The number of amides is 1. The number of hydrogen-bond acceptors (Lipinski definition) is 4. The van der Waals surface area contributed by atoms with E-state index in [1.54, 1.807) is 11.0 Å². The second-order valence-corrected chi connectivity index (χ2v) is 6.41. The number of nitrogens with zero attached hydrogens (tertiary/aromatic N) is 2. The van der Waals surface area contributed by atoms with Crippen LogP contribution in [-0.4, -0.2) is 33.4 Å². The fraction of sp³-hybridized carbons (Fsp3) is 0.400. The van der Waals surface area contributed by atoms with Crippen LogP contribution in [0.25, 0.3) is 0 Å². The van der Waals surface area contributed by atoms with Gasteiger partial charge in [-0.2, -0.15) is 0 Å². The summed E-state index contributed by atoms with van der Waals surface area (Å²) in [5, 5.41) is 0. The van der Waals surface area contributed by atoms with E-state index in [0.29, 0.717) is 23.5 Å². The summed E-state index contributed by atoms with van der Waals surface area (Å²) in [4.78, 5) is 39.6. The highest BCUT2D eigenvalue weighted by molar-refractivity contribution is 9.10. The molecule has 1 aliphatic heterocycles. The second kappa shape index (κ2) is 6.19. The summed E-state index contributed by atoms with van der Waals surface area (Å²) in [5.41, 5.74) is -0.106. The molecule has 1 atom stereocenters. The first kappa shape index (κ1) is 15.8. The van der Waals surface area contributed by atoms with Crippen molar-refractivity contribution in [3.63, 3.8) is 0 Å². The maximum absolute atomic E-state index is 12.6. The molecule has 23 heavy (non-hydrogen) atoms. The molecule has 8 heteroatoms. The highest BCUT2D eigenvalue weighted by Gasteiger charge is 2.28. The molecule has 2 aromatic rings. The van der Waals surface area contributed by atoms with Crippen LogP contribution in [0.4, 0.5) is 0 Å². The molecule has 0 radical (unpaired) electrons. The molecule has 1 amide bonds. The zero-order chi connectivity index (χ0) is 16.6. The minimum atomic E-state index is -0.450. The molecular formula is C15H16BrN3O4. The van der Waals surface area contributed by atoms with E-state index in [-0.39, 0.29) is 11.9 Å². The van der Waals surface area contributed by atoms with Gasteiger partial charge in [-0.3, -0.25) is 19.1 Å². The quantitative estimate of drug-likeness (QED) is 0.856. The molecule has 3 rings (SSSR count). The van der Waals surface area contributed by atoms with E-state index < -0.39 is 11.2 Å².